The van der Waals surface area contributed by atoms with Gasteiger partial charge in [-0.1, -0.05) is 6.92 Å². The second kappa shape index (κ2) is 5.94. The third-order valence-electron chi connectivity index (χ3n) is 3.16. The fourth-order valence-electron chi connectivity index (χ4n) is 2.18. The van der Waals surface area contributed by atoms with Crippen LogP contribution < -0.4 is 17.0 Å². The van der Waals surface area contributed by atoms with Crippen LogP contribution in [0.5, 0.6) is 0 Å². The molecule has 0 aromatic carbocycles. The van der Waals surface area contributed by atoms with E-state index in [1.54, 1.807) is 4.68 Å². The molecule has 0 aliphatic heterocycles. The first kappa shape index (κ1) is 15.0. The molecule has 0 amide bonds. The molecule has 0 saturated heterocycles. The molecule has 2 rings (SSSR count). The Morgan fingerprint density at radius 1 is 1.33 bits per heavy atom. The largest absolute Gasteiger partial charge is 0.393 e. The number of aromatic nitrogens is 5. The molecule has 2 heterocycles. The van der Waals surface area contributed by atoms with Crippen LogP contribution in [0.15, 0.2) is 22.1 Å². The number of nitrogen functional groups attached to an aromatic ring is 1. The molecule has 21 heavy (non-hydrogen) atoms. The lowest BCUT2D eigenvalue weighted by molar-refractivity contribution is 0.483. The van der Waals surface area contributed by atoms with E-state index in [0.29, 0.717) is 12.4 Å². The van der Waals surface area contributed by atoms with Crippen molar-refractivity contribution in [3.8, 4) is 0 Å². The minimum Gasteiger partial charge on any atom is -0.393 e. The van der Waals surface area contributed by atoms with Crippen LogP contribution in [0.2, 0.25) is 0 Å². The Kier molecular flexibility index (Phi) is 4.25. The monoisotopic (exact) mass is 292 g/mol. The van der Waals surface area contributed by atoms with Crippen molar-refractivity contribution in [1.82, 2.24) is 23.9 Å². The summed E-state index contributed by atoms with van der Waals surface area (Å²) in [6.45, 7) is 6.43. The minimum atomic E-state index is -0.495. The number of anilines is 1. The lowest BCUT2D eigenvalue weighted by Crippen LogP contribution is -2.41. The van der Waals surface area contributed by atoms with Crippen LogP contribution >= 0.6 is 0 Å². The number of hydrogen-bond donors (Lipinski definition) is 1. The molecule has 0 fully saturated rings. The molecule has 2 aromatic rings. The SMILES string of the molecule is CCCn1cc(N)c(=O)n(Cc2ncnn2C(C)C)c1=O. The van der Waals surface area contributed by atoms with Crippen molar-refractivity contribution >= 4 is 5.69 Å². The maximum atomic E-state index is 12.4. The van der Waals surface area contributed by atoms with Crippen LogP contribution in [-0.4, -0.2) is 23.9 Å². The lowest BCUT2D eigenvalue weighted by Gasteiger charge is -2.12. The number of rotatable bonds is 5. The highest BCUT2D eigenvalue weighted by molar-refractivity contribution is 5.31. The summed E-state index contributed by atoms with van der Waals surface area (Å²) in [7, 11) is 0. The van der Waals surface area contributed by atoms with Gasteiger partial charge in [-0.25, -0.2) is 14.5 Å². The van der Waals surface area contributed by atoms with E-state index in [4.69, 9.17) is 5.73 Å². The Hall–Kier alpha value is -2.38. The Morgan fingerprint density at radius 2 is 2.05 bits per heavy atom. The third-order valence-corrected chi connectivity index (χ3v) is 3.16. The van der Waals surface area contributed by atoms with Gasteiger partial charge in [0.1, 0.15) is 17.8 Å². The molecule has 8 nitrogen and oxygen atoms in total. The average Bonchev–Trinajstić information content (AvgIpc) is 2.89. The third kappa shape index (κ3) is 2.88. The van der Waals surface area contributed by atoms with Gasteiger partial charge in [-0.05, 0) is 20.3 Å². The van der Waals surface area contributed by atoms with Crippen molar-refractivity contribution in [2.45, 2.75) is 46.3 Å². The summed E-state index contributed by atoms with van der Waals surface area (Å²) in [6, 6.07) is 0.0946. The van der Waals surface area contributed by atoms with E-state index in [1.165, 1.54) is 17.1 Å². The van der Waals surface area contributed by atoms with Gasteiger partial charge in [0.2, 0.25) is 0 Å². The average molecular weight is 292 g/mol. The predicted molar refractivity (Wildman–Crippen MR) is 79.2 cm³/mol. The van der Waals surface area contributed by atoms with Gasteiger partial charge in [0.15, 0.2) is 0 Å². The summed E-state index contributed by atoms with van der Waals surface area (Å²) in [5.74, 6) is 0.554. The zero-order valence-corrected chi connectivity index (χ0v) is 12.5. The molecule has 114 valence electrons. The standard InChI is InChI=1S/C13H20N6O2/c1-4-5-17-6-10(14)12(20)18(13(17)21)7-11-15-8-16-19(11)9(2)3/h6,8-9H,4-5,7,14H2,1-3H3. The molecule has 0 aliphatic rings. The summed E-state index contributed by atoms with van der Waals surface area (Å²) >= 11 is 0. The quantitative estimate of drug-likeness (QED) is 0.849. The molecule has 2 aromatic heterocycles. The summed E-state index contributed by atoms with van der Waals surface area (Å²) in [6.07, 6.45) is 3.59. The number of aryl methyl sites for hydroxylation is 1. The van der Waals surface area contributed by atoms with Gasteiger partial charge in [-0.3, -0.25) is 13.9 Å². The minimum absolute atomic E-state index is 0.0543. The molecule has 2 N–H and O–H groups in total. The van der Waals surface area contributed by atoms with Crippen molar-refractivity contribution in [3.05, 3.63) is 39.2 Å². The molecule has 0 spiro atoms. The summed E-state index contributed by atoms with van der Waals surface area (Å²) < 4.78 is 4.24. The Balaban J connectivity index is 2.51. The van der Waals surface area contributed by atoms with Crippen molar-refractivity contribution in [3.63, 3.8) is 0 Å². The van der Waals surface area contributed by atoms with Crippen molar-refractivity contribution in [2.75, 3.05) is 5.73 Å². The fraction of sp³-hybridized carbons (Fsp3) is 0.538. The van der Waals surface area contributed by atoms with E-state index in [1.807, 2.05) is 20.8 Å². The van der Waals surface area contributed by atoms with Gasteiger partial charge in [-0.15, -0.1) is 0 Å². The highest BCUT2D eigenvalue weighted by atomic mass is 16.2. The Bertz CT molecular complexity index is 740. The number of nitrogens with zero attached hydrogens (tertiary/aromatic N) is 5. The molecule has 0 unspecified atom stereocenters. The van der Waals surface area contributed by atoms with Crippen molar-refractivity contribution in [2.24, 2.45) is 0 Å². The fourth-order valence-corrected chi connectivity index (χ4v) is 2.18. The first-order chi connectivity index (χ1) is 9.95. The van der Waals surface area contributed by atoms with E-state index < -0.39 is 5.56 Å². The van der Waals surface area contributed by atoms with E-state index in [2.05, 4.69) is 10.1 Å². The maximum absolute atomic E-state index is 12.4. The van der Waals surface area contributed by atoms with Gasteiger partial charge < -0.3 is 5.73 Å². The summed E-state index contributed by atoms with van der Waals surface area (Å²) in [5, 5.41) is 4.10. The topological polar surface area (TPSA) is 101 Å². The second-order valence-electron chi connectivity index (χ2n) is 5.17. The zero-order valence-electron chi connectivity index (χ0n) is 12.5. The van der Waals surface area contributed by atoms with Crippen LogP contribution in [0.4, 0.5) is 5.69 Å². The molecule has 0 saturated carbocycles. The van der Waals surface area contributed by atoms with Gasteiger partial charge in [0, 0.05) is 18.8 Å². The van der Waals surface area contributed by atoms with Gasteiger partial charge >= 0.3 is 5.69 Å². The van der Waals surface area contributed by atoms with Gasteiger partial charge in [-0.2, -0.15) is 5.10 Å². The van der Waals surface area contributed by atoms with E-state index >= 15 is 0 Å². The lowest BCUT2D eigenvalue weighted by atomic mass is 10.4. The molecular weight excluding hydrogens is 272 g/mol. The predicted octanol–water partition coefficient (Wildman–Crippen LogP) is 0.223. The van der Waals surface area contributed by atoms with E-state index in [9.17, 15) is 9.59 Å². The van der Waals surface area contributed by atoms with Crippen LogP contribution in [0.25, 0.3) is 0 Å². The number of hydrogen-bond acceptors (Lipinski definition) is 5. The summed E-state index contributed by atoms with van der Waals surface area (Å²) in [5.41, 5.74) is 4.89. The molecule has 0 aliphatic carbocycles. The molecule has 0 radical (unpaired) electrons. The van der Waals surface area contributed by atoms with Gasteiger partial charge in [0.25, 0.3) is 5.56 Å². The molecular formula is C13H20N6O2. The van der Waals surface area contributed by atoms with Crippen LogP contribution in [0.1, 0.15) is 39.1 Å². The smallest absolute Gasteiger partial charge is 0.331 e. The Morgan fingerprint density at radius 3 is 2.67 bits per heavy atom. The van der Waals surface area contributed by atoms with Crippen LogP contribution in [0, 0.1) is 0 Å². The maximum Gasteiger partial charge on any atom is 0.331 e. The van der Waals surface area contributed by atoms with Crippen molar-refractivity contribution < 1.29 is 0 Å². The highest BCUT2D eigenvalue weighted by Gasteiger charge is 2.14. The highest BCUT2D eigenvalue weighted by Crippen LogP contribution is 2.05. The van der Waals surface area contributed by atoms with E-state index in [0.717, 1.165) is 11.0 Å². The first-order valence-electron chi connectivity index (χ1n) is 6.93. The normalized spacial score (nSPS) is 11.2. The first-order valence-corrected chi connectivity index (χ1v) is 6.93. The Labute approximate surface area is 121 Å². The van der Waals surface area contributed by atoms with Gasteiger partial charge in [0.05, 0.1) is 6.54 Å². The zero-order chi connectivity index (χ0) is 15.6. The van der Waals surface area contributed by atoms with E-state index in [-0.39, 0.29) is 24.0 Å². The second-order valence-corrected chi connectivity index (χ2v) is 5.17. The summed E-state index contributed by atoms with van der Waals surface area (Å²) in [4.78, 5) is 28.6. The van der Waals surface area contributed by atoms with Crippen LogP contribution in [0.3, 0.4) is 0 Å². The number of nitrogens with two attached hydrogens (primary N) is 1. The molecule has 0 bridgehead atoms. The van der Waals surface area contributed by atoms with Crippen LogP contribution in [-0.2, 0) is 13.1 Å². The molecule has 8 heteroatoms. The molecule has 0 atom stereocenters. The van der Waals surface area contributed by atoms with Crippen molar-refractivity contribution in [1.29, 1.82) is 0 Å².